The first-order valence-corrected chi connectivity index (χ1v) is 11.1. The summed E-state index contributed by atoms with van der Waals surface area (Å²) in [6, 6.07) is 5.95. The van der Waals surface area contributed by atoms with Crippen molar-refractivity contribution < 1.29 is 4.39 Å². The molecule has 26 heavy (non-hydrogen) atoms. The minimum absolute atomic E-state index is 0.00722. The molecule has 0 spiro atoms. The average Bonchev–Trinajstić information content (AvgIpc) is 2.84. The molecule has 3 rings (SSSR count). The lowest BCUT2D eigenvalue weighted by Gasteiger charge is -2.33. The van der Waals surface area contributed by atoms with Gasteiger partial charge in [0.15, 0.2) is 0 Å². The van der Waals surface area contributed by atoms with Gasteiger partial charge in [-0.3, -0.25) is 0 Å². The molecule has 1 atom stereocenters. The lowest BCUT2D eigenvalue weighted by atomic mass is 9.72. The van der Waals surface area contributed by atoms with E-state index in [1.807, 2.05) is 6.07 Å². The molecule has 144 valence electrons. The van der Waals surface area contributed by atoms with Crippen molar-refractivity contribution in [3.8, 4) is 0 Å². The molecule has 0 N–H and O–H groups in total. The van der Waals surface area contributed by atoms with Crippen LogP contribution < -0.4 is 0 Å². The Hall–Kier alpha value is -1.11. The van der Waals surface area contributed by atoms with Crippen LogP contribution >= 0.6 is 0 Å². The topological polar surface area (TPSA) is 0 Å². The van der Waals surface area contributed by atoms with Crippen molar-refractivity contribution in [1.82, 2.24) is 0 Å². The maximum Gasteiger partial charge on any atom is 0.130 e. The quantitative estimate of drug-likeness (QED) is 0.502. The standard InChI is InChI=1S/C25H37F/c1-4-6-20-10-15-24(25(26)17-20)23-16-14-21(11-7-18(23)3)22-12-8-19(5-2)9-13-22/h10,15,17,19,21-22H,4-9,11-14,16H2,1-3H3. The van der Waals surface area contributed by atoms with Crippen LogP contribution in [0.2, 0.25) is 0 Å². The number of rotatable bonds is 5. The fourth-order valence-corrected chi connectivity index (χ4v) is 5.39. The van der Waals surface area contributed by atoms with Crippen LogP contribution in [0.4, 0.5) is 4.39 Å². The van der Waals surface area contributed by atoms with Gasteiger partial charge in [0.05, 0.1) is 0 Å². The molecule has 0 aromatic heterocycles. The number of hydrogen-bond donors (Lipinski definition) is 0. The summed E-state index contributed by atoms with van der Waals surface area (Å²) in [7, 11) is 0. The molecule has 1 fully saturated rings. The number of allylic oxidation sites excluding steroid dienone is 2. The maximum absolute atomic E-state index is 14.8. The van der Waals surface area contributed by atoms with Crippen LogP contribution in [-0.4, -0.2) is 0 Å². The zero-order valence-corrected chi connectivity index (χ0v) is 17.1. The Morgan fingerprint density at radius 1 is 0.923 bits per heavy atom. The van der Waals surface area contributed by atoms with Crippen molar-refractivity contribution in [1.29, 1.82) is 0 Å². The molecule has 0 bridgehead atoms. The molecule has 1 saturated carbocycles. The fraction of sp³-hybridized carbons (Fsp3) is 0.680. The van der Waals surface area contributed by atoms with Crippen LogP contribution in [0.5, 0.6) is 0 Å². The molecule has 1 aromatic rings. The third-order valence-electron chi connectivity index (χ3n) is 7.20. The molecular formula is C25H37F. The van der Waals surface area contributed by atoms with Crippen LogP contribution in [0.3, 0.4) is 0 Å². The third-order valence-corrected chi connectivity index (χ3v) is 7.20. The van der Waals surface area contributed by atoms with Crippen molar-refractivity contribution in [2.75, 3.05) is 0 Å². The van der Waals surface area contributed by atoms with Crippen LogP contribution in [0, 0.1) is 23.6 Å². The highest BCUT2D eigenvalue weighted by molar-refractivity contribution is 5.69. The van der Waals surface area contributed by atoms with E-state index in [4.69, 9.17) is 0 Å². The zero-order valence-electron chi connectivity index (χ0n) is 17.1. The van der Waals surface area contributed by atoms with E-state index in [2.05, 4.69) is 26.8 Å². The van der Waals surface area contributed by atoms with E-state index < -0.39 is 0 Å². The number of benzene rings is 1. The summed E-state index contributed by atoms with van der Waals surface area (Å²) in [5, 5.41) is 0. The summed E-state index contributed by atoms with van der Waals surface area (Å²) in [5.74, 6) is 2.74. The number of hydrogen-bond acceptors (Lipinski definition) is 0. The molecule has 2 aliphatic rings. The second-order valence-electron chi connectivity index (χ2n) is 8.85. The first-order valence-electron chi connectivity index (χ1n) is 11.1. The Bertz CT molecular complexity index is 619. The Balaban J connectivity index is 1.67. The van der Waals surface area contributed by atoms with E-state index in [1.165, 1.54) is 56.1 Å². The molecule has 0 nitrogen and oxygen atoms in total. The Morgan fingerprint density at radius 3 is 2.27 bits per heavy atom. The van der Waals surface area contributed by atoms with Gasteiger partial charge in [0.2, 0.25) is 0 Å². The lowest BCUT2D eigenvalue weighted by Crippen LogP contribution is -2.21. The van der Waals surface area contributed by atoms with Gasteiger partial charge in [-0.25, -0.2) is 4.39 Å². The predicted octanol–water partition coefficient (Wildman–Crippen LogP) is 7.96. The molecular weight excluding hydrogens is 319 g/mol. The monoisotopic (exact) mass is 356 g/mol. The fourth-order valence-electron chi connectivity index (χ4n) is 5.39. The Morgan fingerprint density at radius 2 is 1.62 bits per heavy atom. The Kier molecular flexibility index (Phi) is 6.95. The zero-order chi connectivity index (χ0) is 18.5. The average molecular weight is 357 g/mol. The maximum atomic E-state index is 14.8. The van der Waals surface area contributed by atoms with E-state index in [1.54, 1.807) is 6.07 Å². The van der Waals surface area contributed by atoms with Crippen molar-refractivity contribution in [2.24, 2.45) is 17.8 Å². The second-order valence-corrected chi connectivity index (χ2v) is 8.85. The van der Waals surface area contributed by atoms with Gasteiger partial charge in [0.1, 0.15) is 5.82 Å². The van der Waals surface area contributed by atoms with Gasteiger partial charge in [-0.1, -0.05) is 57.2 Å². The summed E-state index contributed by atoms with van der Waals surface area (Å²) >= 11 is 0. The van der Waals surface area contributed by atoms with Crippen molar-refractivity contribution in [3.05, 3.63) is 40.7 Å². The van der Waals surface area contributed by atoms with E-state index in [0.717, 1.165) is 54.6 Å². The summed E-state index contributed by atoms with van der Waals surface area (Å²) < 4.78 is 14.8. The summed E-state index contributed by atoms with van der Waals surface area (Å²) in [5.41, 5.74) is 4.73. The lowest BCUT2D eigenvalue weighted by molar-refractivity contribution is 0.188. The highest BCUT2D eigenvalue weighted by Gasteiger charge is 2.29. The largest absolute Gasteiger partial charge is 0.206 e. The minimum Gasteiger partial charge on any atom is -0.206 e. The van der Waals surface area contributed by atoms with Crippen molar-refractivity contribution in [2.45, 2.75) is 91.4 Å². The summed E-state index contributed by atoms with van der Waals surface area (Å²) in [4.78, 5) is 0. The minimum atomic E-state index is -0.00722. The molecule has 0 saturated heterocycles. The number of halogens is 1. The van der Waals surface area contributed by atoms with Gasteiger partial charge in [-0.05, 0) is 86.8 Å². The van der Waals surface area contributed by atoms with Gasteiger partial charge in [-0.2, -0.15) is 0 Å². The molecule has 1 aromatic carbocycles. The van der Waals surface area contributed by atoms with Gasteiger partial charge in [-0.15, -0.1) is 0 Å². The first kappa shape index (κ1) is 19.6. The molecule has 1 unspecified atom stereocenters. The molecule has 0 aliphatic heterocycles. The smallest absolute Gasteiger partial charge is 0.130 e. The molecule has 2 aliphatic carbocycles. The van der Waals surface area contributed by atoms with E-state index >= 15 is 0 Å². The van der Waals surface area contributed by atoms with Crippen molar-refractivity contribution in [3.63, 3.8) is 0 Å². The summed E-state index contributed by atoms with van der Waals surface area (Å²) in [6.07, 6.45) is 13.9. The predicted molar refractivity (Wildman–Crippen MR) is 111 cm³/mol. The van der Waals surface area contributed by atoms with E-state index in [0.29, 0.717) is 0 Å². The third kappa shape index (κ3) is 4.59. The van der Waals surface area contributed by atoms with Crippen LogP contribution in [0.25, 0.3) is 5.57 Å². The first-order chi connectivity index (χ1) is 12.6. The Labute approximate surface area is 160 Å². The van der Waals surface area contributed by atoms with Crippen LogP contribution in [0.15, 0.2) is 23.8 Å². The molecule has 0 radical (unpaired) electrons. The van der Waals surface area contributed by atoms with Crippen molar-refractivity contribution >= 4 is 5.57 Å². The van der Waals surface area contributed by atoms with Crippen LogP contribution in [-0.2, 0) is 6.42 Å². The van der Waals surface area contributed by atoms with Gasteiger partial charge in [0, 0.05) is 5.56 Å². The summed E-state index contributed by atoms with van der Waals surface area (Å²) in [6.45, 7) is 6.74. The van der Waals surface area contributed by atoms with E-state index in [9.17, 15) is 4.39 Å². The SMILES string of the molecule is CCCc1ccc(C2=C(C)CCC(C3CCC(CC)CC3)CC2)c(F)c1. The highest BCUT2D eigenvalue weighted by Crippen LogP contribution is 2.43. The van der Waals surface area contributed by atoms with Gasteiger partial charge >= 0.3 is 0 Å². The second kappa shape index (κ2) is 9.20. The van der Waals surface area contributed by atoms with Gasteiger partial charge < -0.3 is 0 Å². The highest BCUT2D eigenvalue weighted by atomic mass is 19.1. The molecule has 1 heteroatoms. The van der Waals surface area contributed by atoms with E-state index in [-0.39, 0.29) is 5.82 Å². The number of aryl methyl sites for hydroxylation is 1. The van der Waals surface area contributed by atoms with Crippen LogP contribution in [0.1, 0.15) is 96.1 Å². The molecule has 0 heterocycles. The molecule has 0 amide bonds. The van der Waals surface area contributed by atoms with Gasteiger partial charge in [0.25, 0.3) is 0 Å². The normalized spacial score (nSPS) is 27.5.